The number of morpholine rings is 1. The molecule has 1 amide bonds. The fourth-order valence-corrected chi connectivity index (χ4v) is 3.88. The summed E-state index contributed by atoms with van der Waals surface area (Å²) in [6, 6.07) is 10.1. The maximum Gasteiger partial charge on any atom is 0.276 e. The maximum absolute atomic E-state index is 14.6. The van der Waals surface area contributed by atoms with Crippen molar-refractivity contribution in [1.29, 1.82) is 0 Å². The van der Waals surface area contributed by atoms with E-state index in [1.165, 1.54) is 30.4 Å². The number of nitrogens with zero attached hydrogens (tertiary/aromatic N) is 2. The van der Waals surface area contributed by atoms with Gasteiger partial charge in [0.2, 0.25) is 5.91 Å². The highest BCUT2D eigenvalue weighted by atomic mass is 35.5. The summed E-state index contributed by atoms with van der Waals surface area (Å²) in [5, 5.41) is 14.2. The molecule has 0 bridgehead atoms. The maximum atomic E-state index is 14.6. The molecule has 1 fully saturated rings. The molecule has 164 valence electrons. The van der Waals surface area contributed by atoms with Crippen LogP contribution in [0.2, 0.25) is 5.02 Å². The van der Waals surface area contributed by atoms with Gasteiger partial charge in [-0.3, -0.25) is 19.8 Å². The summed E-state index contributed by atoms with van der Waals surface area (Å²) >= 11 is 6.30. The van der Waals surface area contributed by atoms with Crippen LogP contribution in [0, 0.1) is 15.9 Å². The number of hydrogen-bond acceptors (Lipinski definition) is 5. The van der Waals surface area contributed by atoms with Crippen molar-refractivity contribution in [3.05, 3.63) is 80.6 Å². The number of halogens is 2. The number of hydrogen-bond donors (Lipinski definition) is 1. The highest BCUT2D eigenvalue weighted by Gasteiger charge is 2.29. The second-order valence-corrected chi connectivity index (χ2v) is 7.63. The second kappa shape index (κ2) is 10.5. The smallest absolute Gasteiger partial charge is 0.276 e. The first-order chi connectivity index (χ1) is 14.9. The number of carbonyl (C=O) groups excluding carboxylic acids is 1. The largest absolute Gasteiger partial charge is 0.376 e. The molecule has 2 unspecified atom stereocenters. The molecular formula is C22H23ClFN3O4. The number of amides is 1. The van der Waals surface area contributed by atoms with Crippen LogP contribution in [0.3, 0.4) is 0 Å². The van der Waals surface area contributed by atoms with Gasteiger partial charge in [0.15, 0.2) is 0 Å². The second-order valence-electron chi connectivity index (χ2n) is 7.22. The monoisotopic (exact) mass is 447 g/mol. The molecule has 0 radical (unpaired) electrons. The van der Waals surface area contributed by atoms with Crippen molar-refractivity contribution in [3.63, 3.8) is 0 Å². The average molecular weight is 448 g/mol. The van der Waals surface area contributed by atoms with E-state index in [9.17, 15) is 19.3 Å². The van der Waals surface area contributed by atoms with Crippen LogP contribution in [-0.2, 0) is 9.53 Å². The average Bonchev–Trinajstić information content (AvgIpc) is 2.74. The van der Waals surface area contributed by atoms with Gasteiger partial charge in [-0.2, -0.15) is 0 Å². The quantitative estimate of drug-likeness (QED) is 0.394. The van der Waals surface area contributed by atoms with Crippen LogP contribution in [0.4, 0.5) is 10.1 Å². The molecule has 1 aliphatic heterocycles. The van der Waals surface area contributed by atoms with Crippen LogP contribution in [-0.4, -0.2) is 48.1 Å². The van der Waals surface area contributed by atoms with Gasteiger partial charge in [-0.15, -0.1) is 0 Å². The van der Waals surface area contributed by atoms with Gasteiger partial charge in [0.05, 0.1) is 29.2 Å². The Bertz CT molecular complexity index is 965. The highest BCUT2D eigenvalue weighted by Crippen LogP contribution is 2.31. The Morgan fingerprint density at radius 2 is 2.16 bits per heavy atom. The van der Waals surface area contributed by atoms with Crippen LogP contribution >= 0.6 is 11.6 Å². The SMILES string of the molecule is CC1CN(C(CNC(=O)/C=C/c2ccccc2[N+](=O)[O-])c2c(F)cccc2Cl)CCO1. The van der Waals surface area contributed by atoms with Crippen molar-refractivity contribution in [1.82, 2.24) is 10.2 Å². The van der Waals surface area contributed by atoms with Gasteiger partial charge in [-0.05, 0) is 31.2 Å². The number of rotatable bonds is 7. The highest BCUT2D eigenvalue weighted by molar-refractivity contribution is 6.31. The Hall–Kier alpha value is -2.81. The Balaban J connectivity index is 1.76. The zero-order chi connectivity index (χ0) is 22.4. The molecule has 0 aliphatic carbocycles. The number of benzene rings is 2. The normalized spacial score (nSPS) is 18.1. The summed E-state index contributed by atoms with van der Waals surface area (Å²) in [4.78, 5) is 25.0. The van der Waals surface area contributed by atoms with E-state index in [4.69, 9.17) is 16.3 Å². The molecule has 1 N–H and O–H groups in total. The van der Waals surface area contributed by atoms with E-state index in [2.05, 4.69) is 5.32 Å². The van der Waals surface area contributed by atoms with Crippen molar-refractivity contribution in [2.45, 2.75) is 19.1 Å². The Kier molecular flexibility index (Phi) is 7.73. The third-order valence-corrected chi connectivity index (χ3v) is 5.39. The van der Waals surface area contributed by atoms with E-state index in [0.29, 0.717) is 30.8 Å². The molecule has 2 aromatic rings. The Labute approximate surface area is 184 Å². The van der Waals surface area contributed by atoms with Crippen molar-refractivity contribution >= 4 is 29.3 Å². The molecule has 2 aromatic carbocycles. The van der Waals surface area contributed by atoms with Gasteiger partial charge in [-0.25, -0.2) is 4.39 Å². The fourth-order valence-electron chi connectivity index (χ4n) is 3.59. The number of nitro groups is 1. The lowest BCUT2D eigenvalue weighted by Gasteiger charge is -2.38. The van der Waals surface area contributed by atoms with E-state index < -0.39 is 22.7 Å². The number of nitrogens with one attached hydrogen (secondary N) is 1. The molecule has 1 saturated heterocycles. The lowest BCUT2D eigenvalue weighted by molar-refractivity contribution is -0.385. The van der Waals surface area contributed by atoms with Crippen molar-refractivity contribution in [2.75, 3.05) is 26.2 Å². The zero-order valence-electron chi connectivity index (χ0n) is 17.0. The topological polar surface area (TPSA) is 84.7 Å². The Morgan fingerprint density at radius 1 is 1.39 bits per heavy atom. The molecule has 0 saturated carbocycles. The number of nitro benzene ring substituents is 1. The van der Waals surface area contributed by atoms with E-state index >= 15 is 0 Å². The lowest BCUT2D eigenvalue weighted by atomic mass is 10.0. The summed E-state index contributed by atoms with van der Waals surface area (Å²) in [5.41, 5.74) is 0.546. The van der Waals surface area contributed by atoms with Gasteiger partial charge in [-0.1, -0.05) is 29.8 Å². The minimum absolute atomic E-state index is 0.0315. The molecule has 7 nitrogen and oxygen atoms in total. The third-order valence-electron chi connectivity index (χ3n) is 5.06. The summed E-state index contributed by atoms with van der Waals surface area (Å²) in [6.07, 6.45) is 2.58. The molecule has 0 spiro atoms. The number of carbonyl (C=O) groups is 1. The van der Waals surface area contributed by atoms with Gasteiger partial charge in [0.1, 0.15) is 5.82 Å². The third kappa shape index (κ3) is 5.88. The molecule has 9 heteroatoms. The van der Waals surface area contributed by atoms with Crippen LogP contribution in [0.1, 0.15) is 24.1 Å². The van der Waals surface area contributed by atoms with Gasteiger partial charge >= 0.3 is 0 Å². The summed E-state index contributed by atoms with van der Waals surface area (Å²) in [6.45, 7) is 3.68. The first kappa shape index (κ1) is 22.9. The summed E-state index contributed by atoms with van der Waals surface area (Å²) in [7, 11) is 0. The van der Waals surface area contributed by atoms with Crippen molar-refractivity contribution < 1.29 is 18.8 Å². The zero-order valence-corrected chi connectivity index (χ0v) is 17.7. The van der Waals surface area contributed by atoms with E-state index in [1.54, 1.807) is 24.3 Å². The minimum Gasteiger partial charge on any atom is -0.376 e. The van der Waals surface area contributed by atoms with Crippen molar-refractivity contribution in [3.8, 4) is 0 Å². The van der Waals surface area contributed by atoms with Crippen LogP contribution < -0.4 is 5.32 Å². The predicted octanol–water partition coefficient (Wildman–Crippen LogP) is 3.98. The standard InChI is InChI=1S/C22H23ClFN3O4/c1-15-14-26(11-12-31-15)20(22-17(23)6-4-7-18(22)24)13-25-21(28)10-9-16-5-2-3-8-19(16)27(29)30/h2-10,15,20H,11-14H2,1H3,(H,25,28)/b10-9+. The number of ether oxygens (including phenoxy) is 1. The summed E-state index contributed by atoms with van der Waals surface area (Å²) in [5.74, 6) is -0.890. The molecule has 3 rings (SSSR count). The molecular weight excluding hydrogens is 425 g/mol. The fraction of sp³-hybridized carbons (Fsp3) is 0.318. The van der Waals surface area contributed by atoms with Gasteiger partial charge in [0, 0.05) is 42.4 Å². The van der Waals surface area contributed by atoms with Crippen molar-refractivity contribution in [2.24, 2.45) is 0 Å². The minimum atomic E-state index is -0.507. The molecule has 2 atom stereocenters. The van der Waals surface area contributed by atoms with Gasteiger partial charge in [0.25, 0.3) is 5.69 Å². The summed E-state index contributed by atoms with van der Waals surface area (Å²) < 4.78 is 20.2. The van der Waals surface area contributed by atoms with E-state index in [0.717, 1.165) is 0 Å². The molecule has 31 heavy (non-hydrogen) atoms. The van der Waals surface area contributed by atoms with Crippen LogP contribution in [0.15, 0.2) is 48.5 Å². The molecule has 1 aliphatic rings. The lowest BCUT2D eigenvalue weighted by Crippen LogP contribution is -2.46. The van der Waals surface area contributed by atoms with E-state index in [-0.39, 0.29) is 23.4 Å². The first-order valence-electron chi connectivity index (χ1n) is 9.85. The van der Waals surface area contributed by atoms with Gasteiger partial charge < -0.3 is 10.1 Å². The van der Waals surface area contributed by atoms with Crippen LogP contribution in [0.25, 0.3) is 6.08 Å². The Morgan fingerprint density at radius 3 is 2.87 bits per heavy atom. The van der Waals surface area contributed by atoms with Crippen LogP contribution in [0.5, 0.6) is 0 Å². The first-order valence-corrected chi connectivity index (χ1v) is 10.2. The molecule has 0 aromatic heterocycles. The van der Waals surface area contributed by atoms with E-state index in [1.807, 2.05) is 11.8 Å². The molecule has 1 heterocycles. The predicted molar refractivity (Wildman–Crippen MR) is 116 cm³/mol. The number of para-hydroxylation sites is 1.